The Morgan fingerprint density at radius 2 is 1.57 bits per heavy atom. The predicted molar refractivity (Wildman–Crippen MR) is 214 cm³/mol. The Labute approximate surface area is 343 Å². The minimum Gasteiger partial charge on any atom is -0.465 e. The van der Waals surface area contributed by atoms with E-state index >= 15 is 0 Å². The highest BCUT2D eigenvalue weighted by atomic mass is 35.5. The average molecular weight is 833 g/mol. The van der Waals surface area contributed by atoms with Crippen LogP contribution in [-0.4, -0.2) is 115 Å². The van der Waals surface area contributed by atoms with Crippen LogP contribution in [0.5, 0.6) is 0 Å². The molecule has 1 atom stereocenters. The van der Waals surface area contributed by atoms with E-state index < -0.39 is 35.5 Å². The van der Waals surface area contributed by atoms with Gasteiger partial charge < -0.3 is 35.2 Å². The van der Waals surface area contributed by atoms with Crippen molar-refractivity contribution in [1.29, 1.82) is 0 Å². The number of unbranched alkanes of at least 4 members (excludes halogenated alkanes) is 2. The number of ether oxygens (including phenoxy) is 2. The minimum atomic E-state index is -4.78. The number of hydrogen-bond acceptors (Lipinski definition) is 8. The summed E-state index contributed by atoms with van der Waals surface area (Å²) in [5, 5.41) is 2.68. The SMILES string of the molecule is CCCCCOC(=O)CN1CCC(C2CCN(C(=O)[C@@H](Cc3cc(Cl)c(N)c(C(F)(F)F)c3)OC(=O)N3CCC(N4CCc5ccccc5NC4=O)CC3)CC2)CC1. The number of para-hydroxylation sites is 1. The van der Waals surface area contributed by atoms with Gasteiger partial charge in [-0.25, -0.2) is 9.59 Å². The van der Waals surface area contributed by atoms with Crippen LogP contribution in [-0.2, 0) is 38.1 Å². The van der Waals surface area contributed by atoms with Crippen molar-refractivity contribution >= 4 is 47.0 Å². The number of fused-ring (bicyclic) bond motifs is 1. The normalized spacial score (nSPS) is 19.6. The molecule has 0 aromatic heterocycles. The van der Waals surface area contributed by atoms with E-state index in [9.17, 15) is 32.3 Å². The lowest BCUT2D eigenvalue weighted by Gasteiger charge is -2.41. The molecule has 16 heteroatoms. The fraction of sp³-hybridized carbons (Fsp3) is 0.619. The van der Waals surface area contributed by atoms with Crippen molar-refractivity contribution in [1.82, 2.24) is 19.6 Å². The van der Waals surface area contributed by atoms with Gasteiger partial charge in [0.15, 0.2) is 6.10 Å². The van der Waals surface area contributed by atoms with Gasteiger partial charge in [0.25, 0.3) is 5.91 Å². The molecule has 0 saturated carbocycles. The Bertz CT molecular complexity index is 1760. The maximum Gasteiger partial charge on any atom is 0.418 e. The number of carbonyl (C=O) groups is 4. The molecule has 0 unspecified atom stereocenters. The number of nitrogen functional groups attached to an aromatic ring is 1. The summed E-state index contributed by atoms with van der Waals surface area (Å²) in [6, 6.07) is 9.51. The molecule has 3 N–H and O–H groups in total. The van der Waals surface area contributed by atoms with Crippen molar-refractivity contribution in [3.8, 4) is 0 Å². The molecule has 58 heavy (non-hydrogen) atoms. The van der Waals surface area contributed by atoms with Gasteiger partial charge in [-0.2, -0.15) is 13.2 Å². The first kappa shape index (κ1) is 43.3. The number of piperidine rings is 3. The molecule has 0 radical (unpaired) electrons. The van der Waals surface area contributed by atoms with Gasteiger partial charge in [0.05, 0.1) is 29.4 Å². The van der Waals surface area contributed by atoms with Crippen molar-refractivity contribution in [2.24, 2.45) is 11.8 Å². The van der Waals surface area contributed by atoms with Gasteiger partial charge in [0.2, 0.25) is 0 Å². The lowest BCUT2D eigenvalue weighted by atomic mass is 9.78. The molecule has 0 bridgehead atoms. The molecule has 4 heterocycles. The number of benzene rings is 2. The summed E-state index contributed by atoms with van der Waals surface area (Å²) >= 11 is 6.15. The van der Waals surface area contributed by atoms with Crippen LogP contribution >= 0.6 is 11.6 Å². The van der Waals surface area contributed by atoms with E-state index in [0.29, 0.717) is 63.9 Å². The van der Waals surface area contributed by atoms with E-state index in [4.69, 9.17) is 26.8 Å². The number of anilines is 2. The zero-order chi connectivity index (χ0) is 41.4. The molecule has 0 spiro atoms. The van der Waals surface area contributed by atoms with E-state index in [1.54, 1.807) is 9.80 Å². The van der Waals surface area contributed by atoms with Crippen LogP contribution in [0.25, 0.3) is 0 Å². The zero-order valence-electron chi connectivity index (χ0n) is 33.2. The Balaban J connectivity index is 1.05. The highest BCUT2D eigenvalue weighted by Crippen LogP contribution is 2.39. The van der Waals surface area contributed by atoms with Gasteiger partial charge in [-0.15, -0.1) is 0 Å². The monoisotopic (exact) mass is 832 g/mol. The maximum absolute atomic E-state index is 14.2. The first-order valence-corrected chi connectivity index (χ1v) is 21.1. The van der Waals surface area contributed by atoms with Crippen molar-refractivity contribution in [3.63, 3.8) is 0 Å². The molecule has 4 amide bonds. The van der Waals surface area contributed by atoms with Crippen LogP contribution in [0, 0.1) is 11.8 Å². The summed E-state index contributed by atoms with van der Waals surface area (Å²) < 4.78 is 53.0. The van der Waals surface area contributed by atoms with Crippen LogP contribution in [0.1, 0.15) is 81.4 Å². The van der Waals surface area contributed by atoms with Crippen LogP contribution in [0.4, 0.5) is 34.1 Å². The number of alkyl halides is 3. The lowest BCUT2D eigenvalue weighted by Crippen LogP contribution is -2.52. The van der Waals surface area contributed by atoms with E-state index in [2.05, 4.69) is 17.1 Å². The van der Waals surface area contributed by atoms with E-state index in [1.807, 2.05) is 24.3 Å². The van der Waals surface area contributed by atoms with Gasteiger partial charge >= 0.3 is 24.3 Å². The number of nitrogens with two attached hydrogens (primary N) is 1. The molecule has 0 aliphatic carbocycles. The minimum absolute atomic E-state index is 0.0658. The number of nitrogens with zero attached hydrogens (tertiary/aromatic N) is 4. The molecule has 3 saturated heterocycles. The molecule has 4 aliphatic rings. The maximum atomic E-state index is 14.2. The van der Waals surface area contributed by atoms with Gasteiger partial charge in [0, 0.05) is 50.9 Å². The Hall–Kier alpha value is -4.24. The van der Waals surface area contributed by atoms with Crippen molar-refractivity contribution in [3.05, 3.63) is 58.1 Å². The number of urea groups is 1. The molecule has 2 aromatic rings. The third-order valence-electron chi connectivity index (χ3n) is 12.3. The second-order valence-corrected chi connectivity index (χ2v) is 16.5. The van der Waals surface area contributed by atoms with E-state index in [1.165, 1.54) is 11.0 Å². The van der Waals surface area contributed by atoms with Gasteiger partial charge in [0.1, 0.15) is 0 Å². The quantitative estimate of drug-likeness (QED) is 0.130. The fourth-order valence-corrected chi connectivity index (χ4v) is 9.10. The molecular weight excluding hydrogens is 777 g/mol. The van der Waals surface area contributed by atoms with Crippen LogP contribution in [0.15, 0.2) is 36.4 Å². The van der Waals surface area contributed by atoms with Crippen molar-refractivity contribution in [2.45, 2.75) is 95.9 Å². The Morgan fingerprint density at radius 3 is 2.24 bits per heavy atom. The third-order valence-corrected chi connectivity index (χ3v) is 12.6. The number of carbonyl (C=O) groups excluding carboxylic acids is 4. The number of esters is 1. The van der Waals surface area contributed by atoms with Gasteiger partial charge in [-0.1, -0.05) is 49.6 Å². The molecule has 6 rings (SSSR count). The van der Waals surface area contributed by atoms with Crippen LogP contribution < -0.4 is 11.1 Å². The van der Waals surface area contributed by atoms with E-state index in [-0.39, 0.29) is 48.1 Å². The molecule has 2 aromatic carbocycles. The molecule has 4 aliphatic heterocycles. The second kappa shape index (κ2) is 19.7. The van der Waals surface area contributed by atoms with Crippen LogP contribution in [0.2, 0.25) is 5.02 Å². The second-order valence-electron chi connectivity index (χ2n) is 16.1. The van der Waals surface area contributed by atoms with Crippen molar-refractivity contribution in [2.75, 3.05) is 70.0 Å². The summed E-state index contributed by atoms with van der Waals surface area (Å²) in [5.74, 6) is 0.154. The summed E-state index contributed by atoms with van der Waals surface area (Å²) in [6.07, 6.45) is 0.773. The Morgan fingerprint density at radius 1 is 0.914 bits per heavy atom. The largest absolute Gasteiger partial charge is 0.465 e. The van der Waals surface area contributed by atoms with Crippen LogP contribution in [0.3, 0.4) is 0 Å². The molecular formula is C42H56ClF3N6O6. The molecule has 12 nitrogen and oxygen atoms in total. The highest BCUT2D eigenvalue weighted by molar-refractivity contribution is 6.33. The lowest BCUT2D eigenvalue weighted by molar-refractivity contribution is -0.145. The predicted octanol–water partition coefficient (Wildman–Crippen LogP) is 7.23. The summed E-state index contributed by atoms with van der Waals surface area (Å²) in [5.41, 5.74) is 5.86. The number of nitrogens with one attached hydrogen (secondary N) is 1. The number of rotatable bonds is 12. The standard InChI is InChI=1S/C42H56ClF3N6O6/c1-2-3-6-23-57-37(53)27-49-16-9-29(10-17-49)30-11-18-50(19-12-30)39(54)36(26-28-24-33(42(44,45)46)38(47)34(43)25-28)58-41(56)51-20-14-32(15-21-51)52-22-13-31-7-4-5-8-35(31)48-40(52)55/h4-5,7-8,24-25,29-30,32,36H,2-3,6,9-23,26-27,47H2,1H3,(H,48,55)/t36-/m1/s1. The summed E-state index contributed by atoms with van der Waals surface area (Å²) in [6.45, 7) is 6.37. The zero-order valence-corrected chi connectivity index (χ0v) is 34.0. The first-order chi connectivity index (χ1) is 27.8. The Kier molecular flexibility index (Phi) is 14.7. The summed E-state index contributed by atoms with van der Waals surface area (Å²) in [7, 11) is 0. The first-order valence-electron chi connectivity index (χ1n) is 20.7. The third kappa shape index (κ3) is 11.1. The number of amides is 4. The number of halogens is 4. The molecule has 318 valence electrons. The van der Waals surface area contributed by atoms with E-state index in [0.717, 1.165) is 75.4 Å². The fourth-order valence-electron chi connectivity index (χ4n) is 8.86. The van der Waals surface area contributed by atoms with Gasteiger partial charge in [-0.05, 0) is 106 Å². The number of likely N-dealkylation sites (tertiary alicyclic amines) is 3. The topological polar surface area (TPSA) is 138 Å². The number of hydrogen-bond donors (Lipinski definition) is 2. The highest BCUT2D eigenvalue weighted by Gasteiger charge is 2.39. The average Bonchev–Trinajstić information content (AvgIpc) is 3.38. The summed E-state index contributed by atoms with van der Waals surface area (Å²) in [4.78, 5) is 60.4. The van der Waals surface area contributed by atoms with Crippen molar-refractivity contribution < 1.29 is 41.8 Å². The molecule has 3 fully saturated rings. The smallest absolute Gasteiger partial charge is 0.418 e. The van der Waals surface area contributed by atoms with Gasteiger partial charge in [-0.3, -0.25) is 14.5 Å².